The first kappa shape index (κ1) is 17.6. The first-order valence-corrected chi connectivity index (χ1v) is 9.29. The third kappa shape index (κ3) is 4.25. The molecule has 2 aromatic rings. The van der Waals surface area contributed by atoms with Gasteiger partial charge in [0.05, 0.1) is 10.4 Å². The van der Waals surface area contributed by atoms with E-state index in [0.717, 1.165) is 23.3 Å². The number of thiophene rings is 1. The number of aryl methyl sites for hydroxylation is 1. The van der Waals surface area contributed by atoms with E-state index < -0.39 is 5.82 Å². The molecule has 0 bridgehead atoms. The van der Waals surface area contributed by atoms with Crippen molar-refractivity contribution in [3.05, 3.63) is 57.5 Å². The molecule has 4 nitrogen and oxygen atoms in total. The number of halogens is 1. The standard InChI is InChI=1S/C19H21FN2O2S/c1-13-10-17(25-12-13)18(23)21-11-14-6-8-22(9-7-14)19(24)15-4-2-3-5-16(15)20/h2-5,10,12,14H,6-9,11H2,1H3,(H,21,23). The van der Waals surface area contributed by atoms with E-state index in [1.165, 1.54) is 23.5 Å². The first-order valence-electron chi connectivity index (χ1n) is 8.41. The maximum absolute atomic E-state index is 13.8. The minimum atomic E-state index is -0.479. The number of benzene rings is 1. The fourth-order valence-corrected chi connectivity index (χ4v) is 3.83. The molecule has 0 saturated carbocycles. The molecule has 1 aromatic heterocycles. The van der Waals surface area contributed by atoms with Crippen LogP contribution in [0.3, 0.4) is 0 Å². The highest BCUT2D eigenvalue weighted by Crippen LogP contribution is 2.20. The largest absolute Gasteiger partial charge is 0.351 e. The zero-order chi connectivity index (χ0) is 17.8. The SMILES string of the molecule is Cc1csc(C(=O)NCC2CCN(C(=O)c3ccccc3F)CC2)c1. The Kier molecular flexibility index (Phi) is 5.48. The lowest BCUT2D eigenvalue weighted by Crippen LogP contribution is -2.41. The lowest BCUT2D eigenvalue weighted by atomic mass is 9.96. The molecule has 1 saturated heterocycles. The van der Waals surface area contributed by atoms with Gasteiger partial charge >= 0.3 is 0 Å². The van der Waals surface area contributed by atoms with Gasteiger partial charge in [-0.25, -0.2) is 4.39 Å². The van der Waals surface area contributed by atoms with Crippen molar-refractivity contribution in [2.24, 2.45) is 5.92 Å². The van der Waals surface area contributed by atoms with Crippen molar-refractivity contribution in [1.82, 2.24) is 10.2 Å². The van der Waals surface area contributed by atoms with Crippen LogP contribution >= 0.6 is 11.3 Å². The van der Waals surface area contributed by atoms with Crippen LogP contribution in [0.25, 0.3) is 0 Å². The van der Waals surface area contributed by atoms with E-state index in [1.807, 2.05) is 18.4 Å². The van der Waals surface area contributed by atoms with Crippen molar-refractivity contribution in [3.63, 3.8) is 0 Å². The smallest absolute Gasteiger partial charge is 0.261 e. The van der Waals surface area contributed by atoms with Gasteiger partial charge < -0.3 is 10.2 Å². The summed E-state index contributed by atoms with van der Waals surface area (Å²) < 4.78 is 13.8. The monoisotopic (exact) mass is 360 g/mol. The molecule has 3 rings (SSSR count). The highest BCUT2D eigenvalue weighted by molar-refractivity contribution is 7.12. The summed E-state index contributed by atoms with van der Waals surface area (Å²) in [6.07, 6.45) is 1.62. The van der Waals surface area contributed by atoms with Crippen LogP contribution in [-0.4, -0.2) is 36.3 Å². The van der Waals surface area contributed by atoms with Gasteiger partial charge in [0.2, 0.25) is 0 Å². The van der Waals surface area contributed by atoms with Gasteiger partial charge in [-0.15, -0.1) is 11.3 Å². The average Bonchev–Trinajstić information content (AvgIpc) is 3.06. The highest BCUT2D eigenvalue weighted by Gasteiger charge is 2.25. The summed E-state index contributed by atoms with van der Waals surface area (Å²) in [6.45, 7) is 3.75. The molecule has 0 atom stereocenters. The van der Waals surface area contributed by atoms with Gasteiger partial charge in [0.15, 0.2) is 0 Å². The van der Waals surface area contributed by atoms with Gasteiger partial charge in [-0.2, -0.15) is 0 Å². The minimum Gasteiger partial charge on any atom is -0.351 e. The number of hydrogen-bond donors (Lipinski definition) is 1. The third-order valence-corrected chi connectivity index (χ3v) is 5.56. The number of likely N-dealkylation sites (tertiary alicyclic amines) is 1. The van der Waals surface area contributed by atoms with Crippen molar-refractivity contribution < 1.29 is 14.0 Å². The average molecular weight is 360 g/mol. The summed E-state index contributed by atoms with van der Waals surface area (Å²) in [5.41, 5.74) is 1.22. The predicted molar refractivity (Wildman–Crippen MR) is 96.4 cm³/mol. The second kappa shape index (κ2) is 7.78. The topological polar surface area (TPSA) is 49.4 Å². The molecule has 1 aliphatic rings. The van der Waals surface area contributed by atoms with E-state index in [1.54, 1.807) is 17.0 Å². The van der Waals surface area contributed by atoms with Crippen LogP contribution in [0.1, 0.15) is 38.4 Å². The van der Waals surface area contributed by atoms with Crippen molar-refractivity contribution in [2.75, 3.05) is 19.6 Å². The van der Waals surface area contributed by atoms with Crippen molar-refractivity contribution >= 4 is 23.2 Å². The summed E-state index contributed by atoms with van der Waals surface area (Å²) in [6, 6.07) is 7.96. The number of piperidine rings is 1. The highest BCUT2D eigenvalue weighted by atomic mass is 32.1. The molecule has 6 heteroatoms. The Labute approximate surface area is 150 Å². The third-order valence-electron chi connectivity index (χ3n) is 4.51. The van der Waals surface area contributed by atoms with Crippen molar-refractivity contribution in [1.29, 1.82) is 0 Å². The fourth-order valence-electron chi connectivity index (χ4n) is 3.02. The molecule has 25 heavy (non-hydrogen) atoms. The summed E-state index contributed by atoms with van der Waals surface area (Å²) in [5, 5.41) is 4.93. The molecule has 1 fully saturated rings. The maximum atomic E-state index is 13.8. The minimum absolute atomic E-state index is 0.0389. The van der Waals surface area contributed by atoms with Gasteiger partial charge in [-0.3, -0.25) is 9.59 Å². The van der Waals surface area contributed by atoms with Gasteiger partial charge in [-0.05, 0) is 54.8 Å². The quantitative estimate of drug-likeness (QED) is 0.907. The molecule has 1 N–H and O–H groups in total. The lowest BCUT2D eigenvalue weighted by Gasteiger charge is -2.32. The van der Waals surface area contributed by atoms with E-state index in [9.17, 15) is 14.0 Å². The Morgan fingerprint density at radius 2 is 2.00 bits per heavy atom. The summed E-state index contributed by atoms with van der Waals surface area (Å²) >= 11 is 1.45. The zero-order valence-corrected chi connectivity index (χ0v) is 14.9. The molecule has 0 radical (unpaired) electrons. The van der Waals surface area contributed by atoms with E-state index >= 15 is 0 Å². The van der Waals surface area contributed by atoms with Crippen LogP contribution in [0.4, 0.5) is 4.39 Å². The summed E-state index contributed by atoms with van der Waals surface area (Å²) in [5.74, 6) is -0.430. The fraction of sp³-hybridized carbons (Fsp3) is 0.368. The molecule has 1 aromatic carbocycles. The number of carbonyl (C=O) groups is 2. The molecule has 2 heterocycles. The Morgan fingerprint density at radius 1 is 1.28 bits per heavy atom. The molecule has 0 unspecified atom stereocenters. The number of hydrogen-bond acceptors (Lipinski definition) is 3. The second-order valence-corrected chi connectivity index (χ2v) is 7.32. The summed E-state index contributed by atoms with van der Waals surface area (Å²) in [4.78, 5) is 26.9. The predicted octanol–water partition coefficient (Wildman–Crippen LogP) is 3.48. The number of carbonyl (C=O) groups excluding carboxylic acids is 2. The van der Waals surface area contributed by atoms with Gasteiger partial charge in [0.1, 0.15) is 5.82 Å². The van der Waals surface area contributed by atoms with Gasteiger partial charge in [0, 0.05) is 19.6 Å². The van der Waals surface area contributed by atoms with Crippen molar-refractivity contribution in [3.8, 4) is 0 Å². The number of nitrogens with zero attached hydrogens (tertiary/aromatic N) is 1. The van der Waals surface area contributed by atoms with Crippen LogP contribution in [0.2, 0.25) is 0 Å². The van der Waals surface area contributed by atoms with Crippen LogP contribution in [0.5, 0.6) is 0 Å². The molecule has 132 valence electrons. The van der Waals surface area contributed by atoms with Crippen molar-refractivity contribution in [2.45, 2.75) is 19.8 Å². The Bertz CT molecular complexity index is 766. The van der Waals surface area contributed by atoms with E-state index in [4.69, 9.17) is 0 Å². The zero-order valence-electron chi connectivity index (χ0n) is 14.1. The molecule has 1 aliphatic heterocycles. The molecule has 2 amide bonds. The number of nitrogens with one attached hydrogen (secondary N) is 1. The van der Waals surface area contributed by atoms with E-state index in [2.05, 4.69) is 5.32 Å². The van der Waals surface area contributed by atoms with E-state index in [-0.39, 0.29) is 17.4 Å². The van der Waals surface area contributed by atoms with Crippen LogP contribution < -0.4 is 5.32 Å². The number of amides is 2. The van der Waals surface area contributed by atoms with E-state index in [0.29, 0.717) is 25.6 Å². The Hall–Kier alpha value is -2.21. The van der Waals surface area contributed by atoms with Crippen LogP contribution in [0, 0.1) is 18.7 Å². The van der Waals surface area contributed by atoms with Gasteiger partial charge in [0.25, 0.3) is 11.8 Å². The van der Waals surface area contributed by atoms with Crippen LogP contribution in [0.15, 0.2) is 35.7 Å². The molecule has 0 spiro atoms. The number of rotatable bonds is 4. The molecule has 0 aliphatic carbocycles. The Morgan fingerprint density at radius 3 is 2.64 bits per heavy atom. The molecular weight excluding hydrogens is 339 g/mol. The molecular formula is C19H21FN2O2S. The van der Waals surface area contributed by atoms with Crippen LogP contribution in [-0.2, 0) is 0 Å². The lowest BCUT2D eigenvalue weighted by molar-refractivity contribution is 0.0680. The van der Waals surface area contributed by atoms with Gasteiger partial charge in [-0.1, -0.05) is 12.1 Å². The Balaban J connectivity index is 1.48. The normalized spacial score (nSPS) is 15.2. The maximum Gasteiger partial charge on any atom is 0.261 e. The summed E-state index contributed by atoms with van der Waals surface area (Å²) in [7, 11) is 0. The first-order chi connectivity index (χ1) is 12.0. The second-order valence-electron chi connectivity index (χ2n) is 6.41.